The Morgan fingerprint density at radius 2 is 2.21 bits per heavy atom. The van der Waals surface area contributed by atoms with Gasteiger partial charge in [0.05, 0.1) is 29.5 Å². The Morgan fingerprint density at radius 1 is 1.53 bits per heavy atom. The van der Waals surface area contributed by atoms with E-state index in [-0.39, 0.29) is 12.4 Å². The molecule has 0 bridgehead atoms. The number of nitrogens with zero attached hydrogens (tertiary/aromatic N) is 4. The first-order chi connectivity index (χ1) is 9.06. The maximum Gasteiger partial charge on any atom is 0.392 e. The predicted octanol–water partition coefficient (Wildman–Crippen LogP) is -0.634. The molecule has 1 aliphatic heterocycles. The molecule has 1 aromatic heterocycles. The summed E-state index contributed by atoms with van der Waals surface area (Å²) in [7, 11) is 0. The zero-order valence-corrected chi connectivity index (χ0v) is 10.9. The number of β-amino-alcohol motifs (C(OH)–C–C–N with tert-alkyl or cyclic N) is 1. The highest BCUT2D eigenvalue weighted by Crippen LogP contribution is 2.14. The van der Waals surface area contributed by atoms with Crippen molar-refractivity contribution in [2.24, 2.45) is 0 Å². The second-order valence-corrected chi connectivity index (χ2v) is 4.82. The van der Waals surface area contributed by atoms with E-state index in [2.05, 4.69) is 15.3 Å². The minimum absolute atomic E-state index is 0.144. The Hall–Kier alpha value is -1.51. The minimum atomic E-state index is -0.572. The van der Waals surface area contributed by atoms with Crippen molar-refractivity contribution in [2.45, 2.75) is 19.6 Å². The van der Waals surface area contributed by atoms with Crippen LogP contribution in [-0.4, -0.2) is 63.5 Å². The van der Waals surface area contributed by atoms with Crippen LogP contribution in [0, 0.1) is 17.0 Å². The van der Waals surface area contributed by atoms with Gasteiger partial charge in [-0.3, -0.25) is 4.90 Å². The summed E-state index contributed by atoms with van der Waals surface area (Å²) in [5.41, 5.74) is 0.513. The van der Waals surface area contributed by atoms with E-state index in [4.69, 9.17) is 0 Å². The molecule has 19 heavy (non-hydrogen) atoms. The van der Waals surface area contributed by atoms with E-state index >= 15 is 0 Å². The normalized spacial score (nSPS) is 18.4. The van der Waals surface area contributed by atoms with Gasteiger partial charge in [-0.2, -0.15) is 4.68 Å². The average molecular weight is 269 g/mol. The fraction of sp³-hybridized carbons (Fsp3) is 0.727. The van der Waals surface area contributed by atoms with Crippen LogP contribution in [0.25, 0.3) is 0 Å². The van der Waals surface area contributed by atoms with E-state index in [1.807, 2.05) is 0 Å². The first-order valence-electron chi connectivity index (χ1n) is 6.36. The molecule has 0 radical (unpaired) electrons. The average Bonchev–Trinajstić information content (AvgIpc) is 2.71. The molecule has 8 nitrogen and oxygen atoms in total. The number of hydrogen-bond acceptors (Lipinski definition) is 6. The fourth-order valence-electron chi connectivity index (χ4n) is 2.25. The summed E-state index contributed by atoms with van der Waals surface area (Å²) >= 11 is 0. The molecule has 1 aromatic rings. The van der Waals surface area contributed by atoms with E-state index < -0.39 is 11.0 Å². The predicted molar refractivity (Wildman–Crippen MR) is 68.9 cm³/mol. The highest BCUT2D eigenvalue weighted by Gasteiger charge is 2.20. The lowest BCUT2D eigenvalue weighted by atomic mass is 10.3. The maximum atomic E-state index is 10.7. The van der Waals surface area contributed by atoms with Gasteiger partial charge in [-0.25, -0.2) is 0 Å². The summed E-state index contributed by atoms with van der Waals surface area (Å²) in [5.74, 6) is -0.144. The lowest BCUT2D eigenvalue weighted by molar-refractivity contribution is -0.390. The molecule has 0 amide bonds. The quantitative estimate of drug-likeness (QED) is 0.545. The Labute approximate surface area is 111 Å². The molecule has 0 aliphatic carbocycles. The second-order valence-electron chi connectivity index (χ2n) is 4.82. The zero-order chi connectivity index (χ0) is 13.8. The summed E-state index contributed by atoms with van der Waals surface area (Å²) < 4.78 is 1.44. The van der Waals surface area contributed by atoms with Crippen LogP contribution in [0.3, 0.4) is 0 Å². The van der Waals surface area contributed by atoms with Crippen LogP contribution in [0.4, 0.5) is 5.82 Å². The van der Waals surface area contributed by atoms with Crippen molar-refractivity contribution in [1.82, 2.24) is 20.0 Å². The summed E-state index contributed by atoms with van der Waals surface area (Å²) in [4.78, 5) is 12.4. The standard InChI is InChI=1S/C11H19N5O3/c1-9-6-15(13-11(9)16(18)19)8-10(17)7-14-4-2-12-3-5-14/h6,10,12,17H,2-5,7-8H2,1H3. The van der Waals surface area contributed by atoms with Crippen LogP contribution >= 0.6 is 0 Å². The van der Waals surface area contributed by atoms with E-state index in [1.165, 1.54) is 4.68 Å². The number of piperazine rings is 1. The third-order valence-electron chi connectivity index (χ3n) is 3.17. The van der Waals surface area contributed by atoms with Gasteiger partial charge in [0, 0.05) is 32.7 Å². The number of rotatable bonds is 5. The first kappa shape index (κ1) is 13.9. The molecule has 2 N–H and O–H groups in total. The Balaban J connectivity index is 1.89. The van der Waals surface area contributed by atoms with Gasteiger partial charge in [0.1, 0.15) is 0 Å². The van der Waals surface area contributed by atoms with E-state index in [9.17, 15) is 15.2 Å². The number of aliphatic hydroxyl groups is 1. The van der Waals surface area contributed by atoms with Gasteiger partial charge in [0.15, 0.2) is 0 Å². The van der Waals surface area contributed by atoms with E-state index in [0.29, 0.717) is 12.1 Å². The third kappa shape index (κ3) is 3.72. The van der Waals surface area contributed by atoms with Gasteiger partial charge in [-0.15, -0.1) is 0 Å². The third-order valence-corrected chi connectivity index (χ3v) is 3.17. The summed E-state index contributed by atoms with van der Waals surface area (Å²) in [5, 5.41) is 27.8. The molecular formula is C11H19N5O3. The van der Waals surface area contributed by atoms with Crippen molar-refractivity contribution in [3.8, 4) is 0 Å². The van der Waals surface area contributed by atoms with Crippen LogP contribution in [0.15, 0.2) is 6.20 Å². The molecular weight excluding hydrogens is 250 g/mol. The Bertz CT molecular complexity index is 442. The van der Waals surface area contributed by atoms with Gasteiger partial charge in [-0.1, -0.05) is 0 Å². The maximum absolute atomic E-state index is 10.7. The van der Waals surface area contributed by atoms with E-state index in [1.54, 1.807) is 13.1 Å². The zero-order valence-electron chi connectivity index (χ0n) is 10.9. The molecule has 0 aromatic carbocycles. The molecule has 1 fully saturated rings. The molecule has 1 atom stereocenters. The number of aliphatic hydroxyl groups excluding tert-OH is 1. The Morgan fingerprint density at radius 3 is 2.79 bits per heavy atom. The molecule has 1 aliphatic rings. The van der Waals surface area contributed by atoms with Crippen molar-refractivity contribution in [3.05, 3.63) is 21.9 Å². The van der Waals surface area contributed by atoms with E-state index in [0.717, 1.165) is 26.2 Å². The molecule has 1 unspecified atom stereocenters. The van der Waals surface area contributed by atoms with Crippen molar-refractivity contribution in [3.63, 3.8) is 0 Å². The lowest BCUT2D eigenvalue weighted by Crippen LogP contribution is -2.46. The molecule has 8 heteroatoms. The molecule has 1 saturated heterocycles. The van der Waals surface area contributed by atoms with Crippen molar-refractivity contribution in [1.29, 1.82) is 0 Å². The number of nitrogens with one attached hydrogen (secondary N) is 1. The number of aromatic nitrogens is 2. The summed E-state index contributed by atoms with van der Waals surface area (Å²) in [6, 6.07) is 0. The van der Waals surface area contributed by atoms with Crippen LogP contribution in [0.5, 0.6) is 0 Å². The van der Waals surface area contributed by atoms with Crippen molar-refractivity contribution >= 4 is 5.82 Å². The Kier molecular flexibility index (Phi) is 4.46. The second kappa shape index (κ2) is 6.09. The van der Waals surface area contributed by atoms with Gasteiger partial charge in [0.25, 0.3) is 0 Å². The largest absolute Gasteiger partial charge is 0.392 e. The minimum Gasteiger partial charge on any atom is -0.390 e. The summed E-state index contributed by atoms with van der Waals surface area (Å²) in [6.07, 6.45) is 1.02. The van der Waals surface area contributed by atoms with Gasteiger partial charge >= 0.3 is 5.82 Å². The van der Waals surface area contributed by atoms with Crippen molar-refractivity contribution in [2.75, 3.05) is 32.7 Å². The summed E-state index contributed by atoms with van der Waals surface area (Å²) in [6.45, 7) is 6.17. The fourth-order valence-corrected chi connectivity index (χ4v) is 2.25. The smallest absolute Gasteiger partial charge is 0.390 e. The van der Waals surface area contributed by atoms with Crippen LogP contribution < -0.4 is 5.32 Å². The molecule has 2 rings (SSSR count). The van der Waals surface area contributed by atoms with Gasteiger partial charge in [0.2, 0.25) is 0 Å². The van der Waals surface area contributed by atoms with Crippen LogP contribution in [0.1, 0.15) is 5.56 Å². The highest BCUT2D eigenvalue weighted by molar-refractivity contribution is 5.27. The lowest BCUT2D eigenvalue weighted by Gasteiger charge is -2.28. The highest BCUT2D eigenvalue weighted by atomic mass is 16.6. The number of aryl methyl sites for hydroxylation is 1. The van der Waals surface area contributed by atoms with Crippen LogP contribution in [0.2, 0.25) is 0 Å². The SMILES string of the molecule is Cc1cn(CC(O)CN2CCNCC2)nc1[N+](=O)[O-]. The molecule has 0 spiro atoms. The first-order valence-corrected chi connectivity index (χ1v) is 6.36. The van der Waals surface area contributed by atoms with Gasteiger partial charge < -0.3 is 20.5 Å². The number of nitro groups is 1. The van der Waals surface area contributed by atoms with Crippen LogP contribution in [-0.2, 0) is 6.54 Å². The van der Waals surface area contributed by atoms with Gasteiger partial charge in [-0.05, 0) is 11.8 Å². The molecule has 0 saturated carbocycles. The topological polar surface area (TPSA) is 96.5 Å². The monoisotopic (exact) mass is 269 g/mol. The van der Waals surface area contributed by atoms with Crippen molar-refractivity contribution < 1.29 is 10.0 Å². The molecule has 2 heterocycles. The molecule has 106 valence electrons. The number of hydrogen-bond donors (Lipinski definition) is 2.